The Hall–Kier alpha value is -3.31. The van der Waals surface area contributed by atoms with Crippen LogP contribution >= 0.6 is 11.8 Å². The maximum atomic E-state index is 12.7. The van der Waals surface area contributed by atoms with Gasteiger partial charge in [0.25, 0.3) is 5.91 Å². The fourth-order valence-electron chi connectivity index (χ4n) is 2.68. The van der Waals surface area contributed by atoms with Crippen LogP contribution in [0.25, 0.3) is 11.0 Å². The quantitative estimate of drug-likeness (QED) is 0.500. The monoisotopic (exact) mass is 373 g/mol. The molecule has 0 radical (unpaired) electrons. The van der Waals surface area contributed by atoms with Crippen LogP contribution in [0.4, 0.5) is 5.69 Å². The first kappa shape index (κ1) is 17.1. The van der Waals surface area contributed by atoms with Gasteiger partial charge in [-0.1, -0.05) is 60.3 Å². The van der Waals surface area contributed by atoms with E-state index in [9.17, 15) is 9.59 Å². The Balaban J connectivity index is 1.64. The standard InChI is InChI=1S/C22H15NO3S/c24-21(17-14-15-8-4-6-12-19(15)26-22(17)25)23-18-11-5-7-13-20(18)27-16-9-2-1-3-10-16/h1-14H,(H,23,24). The van der Waals surface area contributed by atoms with Crippen molar-refractivity contribution in [1.82, 2.24) is 0 Å². The van der Waals surface area contributed by atoms with Crippen LogP contribution in [0.15, 0.2) is 104 Å². The summed E-state index contributed by atoms with van der Waals surface area (Å²) in [6.45, 7) is 0. The highest BCUT2D eigenvalue weighted by Gasteiger charge is 2.15. The maximum absolute atomic E-state index is 12.7. The molecule has 0 aliphatic carbocycles. The SMILES string of the molecule is O=C(Nc1ccccc1Sc1ccccc1)c1cc2ccccc2oc1=O. The van der Waals surface area contributed by atoms with E-state index in [2.05, 4.69) is 5.32 Å². The zero-order valence-corrected chi connectivity index (χ0v) is 15.0. The first-order valence-electron chi connectivity index (χ1n) is 8.37. The Labute approximate surface area is 159 Å². The molecule has 0 spiro atoms. The van der Waals surface area contributed by atoms with Crippen molar-refractivity contribution in [3.05, 3.63) is 101 Å². The first-order chi connectivity index (χ1) is 13.2. The Morgan fingerprint density at radius 2 is 1.56 bits per heavy atom. The highest BCUT2D eigenvalue weighted by molar-refractivity contribution is 7.99. The van der Waals surface area contributed by atoms with E-state index >= 15 is 0 Å². The molecule has 0 aliphatic rings. The molecule has 132 valence electrons. The summed E-state index contributed by atoms with van der Waals surface area (Å²) in [5, 5.41) is 3.54. The minimum Gasteiger partial charge on any atom is -0.422 e. The largest absolute Gasteiger partial charge is 0.422 e. The van der Waals surface area contributed by atoms with Gasteiger partial charge >= 0.3 is 5.63 Å². The van der Waals surface area contributed by atoms with Crippen LogP contribution in [-0.2, 0) is 0 Å². The Morgan fingerprint density at radius 1 is 0.852 bits per heavy atom. The van der Waals surface area contributed by atoms with Crippen molar-refractivity contribution >= 4 is 34.3 Å². The van der Waals surface area contributed by atoms with E-state index in [-0.39, 0.29) is 5.56 Å². The van der Waals surface area contributed by atoms with Crippen LogP contribution < -0.4 is 10.9 Å². The third-order valence-corrected chi connectivity index (χ3v) is 5.08. The fourth-order valence-corrected chi connectivity index (χ4v) is 3.61. The van der Waals surface area contributed by atoms with Gasteiger partial charge in [0.05, 0.1) is 5.69 Å². The van der Waals surface area contributed by atoms with Gasteiger partial charge in [0.15, 0.2) is 0 Å². The molecule has 0 unspecified atom stereocenters. The van der Waals surface area contributed by atoms with Gasteiger partial charge in [0.1, 0.15) is 11.1 Å². The van der Waals surface area contributed by atoms with Crippen LogP contribution in [0.2, 0.25) is 0 Å². The van der Waals surface area contributed by atoms with Gasteiger partial charge in [-0.3, -0.25) is 4.79 Å². The second kappa shape index (κ2) is 7.51. The third kappa shape index (κ3) is 3.78. The van der Waals surface area contributed by atoms with E-state index in [1.165, 1.54) is 0 Å². The number of anilines is 1. The number of hydrogen-bond donors (Lipinski definition) is 1. The molecule has 4 rings (SSSR count). The van der Waals surface area contributed by atoms with Crippen molar-refractivity contribution in [3.8, 4) is 0 Å². The van der Waals surface area contributed by atoms with Crippen LogP contribution in [0.1, 0.15) is 10.4 Å². The van der Waals surface area contributed by atoms with E-state index in [0.717, 1.165) is 9.79 Å². The summed E-state index contributed by atoms with van der Waals surface area (Å²) >= 11 is 1.54. The van der Waals surface area contributed by atoms with Crippen molar-refractivity contribution in [3.63, 3.8) is 0 Å². The summed E-state index contributed by atoms with van der Waals surface area (Å²) in [5.74, 6) is -0.490. The lowest BCUT2D eigenvalue weighted by Crippen LogP contribution is -2.20. The van der Waals surface area contributed by atoms with Gasteiger partial charge in [0.2, 0.25) is 0 Å². The van der Waals surface area contributed by atoms with Crippen LogP contribution in [-0.4, -0.2) is 5.91 Å². The van der Waals surface area contributed by atoms with Gasteiger partial charge in [0, 0.05) is 15.2 Å². The van der Waals surface area contributed by atoms with E-state index in [1.54, 1.807) is 36.0 Å². The maximum Gasteiger partial charge on any atom is 0.349 e. The number of carbonyl (C=O) groups is 1. The first-order valence-corrected chi connectivity index (χ1v) is 9.18. The molecule has 1 N–H and O–H groups in total. The zero-order chi connectivity index (χ0) is 18.6. The lowest BCUT2D eigenvalue weighted by molar-refractivity contribution is 0.102. The van der Waals surface area contributed by atoms with Crippen LogP contribution in [0.5, 0.6) is 0 Å². The van der Waals surface area contributed by atoms with Crippen LogP contribution in [0, 0.1) is 0 Å². The number of carbonyl (C=O) groups excluding carboxylic acids is 1. The summed E-state index contributed by atoms with van der Waals surface area (Å²) in [6, 6.07) is 26.0. The predicted octanol–water partition coefficient (Wildman–Crippen LogP) is 5.20. The molecule has 1 aromatic heterocycles. The second-order valence-corrected chi connectivity index (χ2v) is 6.97. The molecule has 1 heterocycles. The number of rotatable bonds is 4. The van der Waals surface area contributed by atoms with Crippen molar-refractivity contribution in [2.45, 2.75) is 9.79 Å². The molecule has 0 aliphatic heterocycles. The normalized spacial score (nSPS) is 10.7. The average molecular weight is 373 g/mol. The third-order valence-electron chi connectivity index (χ3n) is 3.99. The number of amides is 1. The van der Waals surface area contributed by atoms with E-state index < -0.39 is 11.5 Å². The van der Waals surface area contributed by atoms with Gasteiger partial charge in [-0.05, 0) is 36.4 Å². The van der Waals surface area contributed by atoms with E-state index in [0.29, 0.717) is 16.7 Å². The van der Waals surface area contributed by atoms with Crippen molar-refractivity contribution in [2.75, 3.05) is 5.32 Å². The number of nitrogens with one attached hydrogen (secondary N) is 1. The van der Waals surface area contributed by atoms with E-state index in [1.807, 2.05) is 60.7 Å². The average Bonchev–Trinajstić information content (AvgIpc) is 2.69. The zero-order valence-electron chi connectivity index (χ0n) is 14.2. The highest BCUT2D eigenvalue weighted by Crippen LogP contribution is 2.33. The van der Waals surface area contributed by atoms with Crippen molar-refractivity contribution in [2.24, 2.45) is 0 Å². The highest BCUT2D eigenvalue weighted by atomic mass is 32.2. The molecule has 0 atom stereocenters. The second-order valence-electron chi connectivity index (χ2n) is 5.85. The summed E-state index contributed by atoms with van der Waals surface area (Å²) in [5.41, 5.74) is 0.426. The topological polar surface area (TPSA) is 59.3 Å². The van der Waals surface area contributed by atoms with Crippen molar-refractivity contribution in [1.29, 1.82) is 0 Å². The summed E-state index contributed by atoms with van der Waals surface area (Å²) in [6.07, 6.45) is 0. The number of para-hydroxylation sites is 2. The Morgan fingerprint density at radius 3 is 2.41 bits per heavy atom. The Kier molecular flexibility index (Phi) is 4.77. The Bertz CT molecular complexity index is 1170. The number of hydrogen-bond acceptors (Lipinski definition) is 4. The molecular weight excluding hydrogens is 358 g/mol. The molecular formula is C22H15NO3S. The summed E-state index contributed by atoms with van der Waals surface area (Å²) < 4.78 is 5.26. The minimum atomic E-state index is -0.653. The molecule has 3 aromatic carbocycles. The smallest absolute Gasteiger partial charge is 0.349 e. The predicted molar refractivity (Wildman–Crippen MR) is 107 cm³/mol. The summed E-state index contributed by atoms with van der Waals surface area (Å²) in [4.78, 5) is 26.9. The molecule has 4 nitrogen and oxygen atoms in total. The molecule has 27 heavy (non-hydrogen) atoms. The number of benzene rings is 3. The molecule has 0 fully saturated rings. The molecule has 0 bridgehead atoms. The van der Waals surface area contributed by atoms with Gasteiger partial charge < -0.3 is 9.73 Å². The molecule has 4 aromatic rings. The van der Waals surface area contributed by atoms with Crippen molar-refractivity contribution < 1.29 is 9.21 Å². The van der Waals surface area contributed by atoms with E-state index in [4.69, 9.17) is 4.42 Å². The molecule has 1 amide bonds. The molecule has 0 saturated carbocycles. The lowest BCUT2D eigenvalue weighted by Gasteiger charge is -2.10. The van der Waals surface area contributed by atoms with Gasteiger partial charge in [-0.25, -0.2) is 4.79 Å². The summed E-state index contributed by atoms with van der Waals surface area (Å²) in [7, 11) is 0. The number of fused-ring (bicyclic) bond motifs is 1. The minimum absolute atomic E-state index is 0.0202. The fraction of sp³-hybridized carbons (Fsp3) is 0. The molecule has 5 heteroatoms. The van der Waals surface area contributed by atoms with Crippen LogP contribution in [0.3, 0.4) is 0 Å². The van der Waals surface area contributed by atoms with Gasteiger partial charge in [-0.15, -0.1) is 0 Å². The van der Waals surface area contributed by atoms with Gasteiger partial charge in [-0.2, -0.15) is 0 Å². The lowest BCUT2D eigenvalue weighted by atomic mass is 10.1. The molecule has 0 saturated heterocycles.